The van der Waals surface area contributed by atoms with Crippen molar-refractivity contribution in [3.8, 4) is 0 Å². The lowest BCUT2D eigenvalue weighted by Gasteiger charge is -2.01. The number of hydrogen-bond acceptors (Lipinski definition) is 1. The molecular weight excluding hydrogens is 102 g/mol. The van der Waals surface area contributed by atoms with E-state index < -0.39 is 0 Å². The van der Waals surface area contributed by atoms with Crippen LogP contribution in [0.25, 0.3) is 0 Å². The molecule has 2 rings (SSSR count). The molecule has 2 aliphatic rings. The first kappa shape index (κ1) is 4.13. The van der Waals surface area contributed by atoms with E-state index in [1.807, 2.05) is 6.08 Å². The Morgan fingerprint density at radius 1 is 1.62 bits per heavy atom. The third-order valence-corrected chi connectivity index (χ3v) is 1.75. The minimum absolute atomic E-state index is 0.206. The molecule has 2 bridgehead atoms. The van der Waals surface area contributed by atoms with Gasteiger partial charge in [0.1, 0.15) is 0 Å². The zero-order valence-corrected chi connectivity index (χ0v) is 4.42. The van der Waals surface area contributed by atoms with E-state index in [-0.39, 0.29) is 11.8 Å². The summed E-state index contributed by atoms with van der Waals surface area (Å²) in [4.78, 5) is 10.7. The van der Waals surface area contributed by atoms with E-state index in [1.54, 1.807) is 0 Å². The first-order valence-corrected chi connectivity index (χ1v) is 2.85. The normalized spacial score (nSPS) is 40.8. The van der Waals surface area contributed by atoms with E-state index in [2.05, 4.69) is 11.4 Å². The van der Waals surface area contributed by atoms with E-state index in [1.165, 1.54) is 0 Å². The van der Waals surface area contributed by atoms with Gasteiger partial charge in [-0.1, -0.05) is 12.2 Å². The minimum atomic E-state index is 0.206. The predicted molar refractivity (Wildman–Crippen MR) is 29.2 cm³/mol. The van der Waals surface area contributed by atoms with Gasteiger partial charge in [0, 0.05) is 6.04 Å². The third kappa shape index (κ3) is 0.351. The fourth-order valence-electron chi connectivity index (χ4n) is 1.29. The van der Waals surface area contributed by atoms with Crippen LogP contribution in [0.5, 0.6) is 0 Å². The molecule has 0 aromatic rings. The summed E-state index contributed by atoms with van der Waals surface area (Å²) in [6, 6.07) is 0.368. The average molecular weight is 109 g/mol. The Balaban J connectivity index is 2.35. The van der Waals surface area contributed by atoms with Crippen molar-refractivity contribution in [2.75, 3.05) is 0 Å². The van der Waals surface area contributed by atoms with Crippen molar-refractivity contribution in [2.45, 2.75) is 12.5 Å². The van der Waals surface area contributed by atoms with E-state index in [0.29, 0.717) is 6.04 Å². The maximum absolute atomic E-state index is 10.7. The Morgan fingerprint density at radius 2 is 2.50 bits per heavy atom. The van der Waals surface area contributed by atoms with Crippen LogP contribution < -0.4 is 5.32 Å². The Kier molecular flexibility index (Phi) is 0.583. The number of carbonyl (C=O) groups excluding carboxylic acids is 1. The van der Waals surface area contributed by atoms with Gasteiger partial charge in [-0.25, -0.2) is 0 Å². The molecule has 0 radical (unpaired) electrons. The zero-order valence-electron chi connectivity index (χ0n) is 4.42. The Morgan fingerprint density at radius 3 is 2.75 bits per heavy atom. The smallest absolute Gasteiger partial charge is 0.227 e. The molecule has 1 aliphatic heterocycles. The number of carbonyl (C=O) groups is 1. The van der Waals surface area contributed by atoms with Gasteiger partial charge in [-0.2, -0.15) is 0 Å². The summed E-state index contributed by atoms with van der Waals surface area (Å²) in [6.07, 6.45) is 5.05. The van der Waals surface area contributed by atoms with Crippen molar-refractivity contribution in [2.24, 2.45) is 5.92 Å². The zero-order chi connectivity index (χ0) is 5.56. The predicted octanol–water partition coefficient (Wildman–Crippen LogP) is 0.0609. The first-order valence-electron chi connectivity index (χ1n) is 2.85. The molecule has 0 spiro atoms. The fraction of sp³-hybridized carbons (Fsp3) is 0.500. The standard InChI is InChI=1S/C6H7NO/c8-6-4-1-2-5(3-4)7-6/h1-2,4-5H,3H2,(H,7,8)/t4-,5?/m1/s1. The second-order valence-electron chi connectivity index (χ2n) is 2.34. The summed E-state index contributed by atoms with van der Waals surface area (Å²) in [5.74, 6) is 0.414. The van der Waals surface area contributed by atoms with Gasteiger partial charge < -0.3 is 5.32 Å². The van der Waals surface area contributed by atoms with Crippen molar-refractivity contribution in [3.05, 3.63) is 12.2 Å². The van der Waals surface area contributed by atoms with E-state index in [9.17, 15) is 4.79 Å². The lowest BCUT2D eigenvalue weighted by molar-refractivity contribution is -0.121. The van der Waals surface area contributed by atoms with Gasteiger partial charge in [0.2, 0.25) is 5.91 Å². The lowest BCUT2D eigenvalue weighted by atomic mass is 10.1. The number of fused-ring (bicyclic) bond motifs is 2. The number of amides is 1. The van der Waals surface area contributed by atoms with Crippen molar-refractivity contribution in [1.82, 2.24) is 5.32 Å². The van der Waals surface area contributed by atoms with Crippen LogP contribution >= 0.6 is 0 Å². The largest absolute Gasteiger partial charge is 0.349 e. The Labute approximate surface area is 47.6 Å². The molecule has 1 fully saturated rings. The van der Waals surface area contributed by atoms with Gasteiger partial charge in [0.25, 0.3) is 0 Å². The summed E-state index contributed by atoms with van der Waals surface area (Å²) in [7, 11) is 0. The molecule has 1 N–H and O–H groups in total. The van der Waals surface area contributed by atoms with Crippen molar-refractivity contribution >= 4 is 5.91 Å². The maximum atomic E-state index is 10.7. The molecule has 1 unspecified atom stereocenters. The summed E-state index contributed by atoms with van der Waals surface area (Å²) < 4.78 is 0. The average Bonchev–Trinajstić information content (AvgIpc) is 2.23. The highest BCUT2D eigenvalue weighted by Gasteiger charge is 2.32. The summed E-state index contributed by atoms with van der Waals surface area (Å²) in [5, 5.41) is 2.83. The van der Waals surface area contributed by atoms with E-state index >= 15 is 0 Å². The van der Waals surface area contributed by atoms with Crippen molar-refractivity contribution in [1.29, 1.82) is 0 Å². The minimum Gasteiger partial charge on any atom is -0.349 e. The van der Waals surface area contributed by atoms with E-state index in [4.69, 9.17) is 0 Å². The molecule has 0 aromatic carbocycles. The summed E-state index contributed by atoms with van der Waals surface area (Å²) >= 11 is 0. The van der Waals surface area contributed by atoms with Gasteiger partial charge in [-0.3, -0.25) is 4.79 Å². The molecule has 2 heteroatoms. The van der Waals surface area contributed by atoms with Gasteiger partial charge in [0.15, 0.2) is 0 Å². The number of nitrogens with one attached hydrogen (secondary N) is 1. The van der Waals surface area contributed by atoms with Crippen LogP contribution in [-0.2, 0) is 4.79 Å². The monoisotopic (exact) mass is 109 g/mol. The molecule has 1 heterocycles. The molecule has 2 nitrogen and oxygen atoms in total. The Hall–Kier alpha value is -0.790. The fourth-order valence-corrected chi connectivity index (χ4v) is 1.29. The highest BCUT2D eigenvalue weighted by Crippen LogP contribution is 2.23. The van der Waals surface area contributed by atoms with Gasteiger partial charge in [-0.15, -0.1) is 0 Å². The maximum Gasteiger partial charge on any atom is 0.227 e. The number of hydrogen-bond donors (Lipinski definition) is 1. The van der Waals surface area contributed by atoms with Crippen LogP contribution in [0.4, 0.5) is 0 Å². The van der Waals surface area contributed by atoms with Gasteiger partial charge >= 0.3 is 0 Å². The van der Waals surface area contributed by atoms with Crippen molar-refractivity contribution < 1.29 is 4.79 Å². The molecule has 1 saturated heterocycles. The van der Waals surface area contributed by atoms with Crippen molar-refractivity contribution in [3.63, 3.8) is 0 Å². The molecule has 1 aliphatic carbocycles. The number of rotatable bonds is 0. The quantitative estimate of drug-likeness (QED) is 0.438. The van der Waals surface area contributed by atoms with Crippen LogP contribution in [0.1, 0.15) is 6.42 Å². The van der Waals surface area contributed by atoms with Crippen LogP contribution in [0.15, 0.2) is 12.2 Å². The molecule has 0 saturated carbocycles. The van der Waals surface area contributed by atoms with Crippen LogP contribution in [-0.4, -0.2) is 11.9 Å². The van der Waals surface area contributed by atoms with Gasteiger partial charge in [-0.05, 0) is 6.42 Å². The summed E-state index contributed by atoms with van der Waals surface area (Å²) in [5.41, 5.74) is 0. The summed E-state index contributed by atoms with van der Waals surface area (Å²) in [6.45, 7) is 0. The van der Waals surface area contributed by atoms with E-state index in [0.717, 1.165) is 6.42 Å². The Bertz CT molecular complexity index is 162. The first-order chi connectivity index (χ1) is 3.86. The highest BCUT2D eigenvalue weighted by molar-refractivity contribution is 5.84. The highest BCUT2D eigenvalue weighted by atomic mass is 16.2. The second-order valence-corrected chi connectivity index (χ2v) is 2.34. The van der Waals surface area contributed by atoms with Crippen LogP contribution in [0, 0.1) is 5.92 Å². The third-order valence-electron chi connectivity index (χ3n) is 1.75. The molecular formula is C6H7NO. The second kappa shape index (κ2) is 1.13. The SMILES string of the molecule is O=C1NC2C=C[C@@H]1C2. The van der Waals surface area contributed by atoms with Gasteiger partial charge in [0.05, 0.1) is 5.92 Å². The molecule has 8 heavy (non-hydrogen) atoms. The van der Waals surface area contributed by atoms with Crippen LogP contribution in [0.3, 0.4) is 0 Å². The molecule has 42 valence electrons. The van der Waals surface area contributed by atoms with Crippen LogP contribution in [0.2, 0.25) is 0 Å². The molecule has 2 atom stereocenters. The topological polar surface area (TPSA) is 29.1 Å². The molecule has 1 amide bonds. The lowest BCUT2D eigenvalue weighted by Crippen LogP contribution is -2.26. The molecule has 0 aromatic heterocycles.